The zero-order valence-corrected chi connectivity index (χ0v) is 7.73. The third kappa shape index (κ3) is 3.46. The van der Waals surface area contributed by atoms with Crippen molar-refractivity contribution in [1.82, 2.24) is 0 Å². The molecule has 1 aromatic carbocycles. The number of phosphoric ester groups is 1. The van der Waals surface area contributed by atoms with Gasteiger partial charge in [0.2, 0.25) is 0 Å². The molecule has 0 aliphatic rings. The lowest BCUT2D eigenvalue weighted by Crippen LogP contribution is -2.05. The molecule has 0 radical (unpaired) electrons. The molecule has 1 rings (SSSR count). The standard InChI is InChI=1S/C7H9O5P/c1-11-6-2-4-7(5-3-6)12-13(8,9)10/h2-5H,1H3,(H2,8,9,10)/p-1. The van der Waals surface area contributed by atoms with Crippen molar-refractivity contribution in [2.24, 2.45) is 0 Å². The first-order valence-electron chi connectivity index (χ1n) is 3.39. The molecule has 1 aromatic rings. The first-order chi connectivity index (χ1) is 6.01. The fourth-order valence-corrected chi connectivity index (χ4v) is 1.16. The molecule has 0 heterocycles. The summed E-state index contributed by atoms with van der Waals surface area (Å²) >= 11 is 0. The number of ether oxygens (including phenoxy) is 1. The van der Waals surface area contributed by atoms with Crippen LogP contribution in [0.25, 0.3) is 0 Å². The van der Waals surface area contributed by atoms with Crippen LogP contribution in [0.4, 0.5) is 0 Å². The van der Waals surface area contributed by atoms with Gasteiger partial charge in [0.1, 0.15) is 11.5 Å². The minimum Gasteiger partial charge on any atom is -0.746 e. The lowest BCUT2D eigenvalue weighted by molar-refractivity contribution is -0.211. The fraction of sp³-hybridized carbons (Fsp3) is 0.143. The van der Waals surface area contributed by atoms with Crippen LogP contribution < -0.4 is 14.2 Å². The summed E-state index contributed by atoms with van der Waals surface area (Å²) < 4.78 is 19.3. The van der Waals surface area contributed by atoms with Crippen molar-refractivity contribution in [1.29, 1.82) is 0 Å². The van der Waals surface area contributed by atoms with Crippen molar-refractivity contribution >= 4 is 7.82 Å². The molecule has 0 spiro atoms. The number of methoxy groups -OCH3 is 1. The lowest BCUT2D eigenvalue weighted by atomic mass is 10.3. The summed E-state index contributed by atoms with van der Waals surface area (Å²) in [5.41, 5.74) is 0. The van der Waals surface area contributed by atoms with E-state index >= 15 is 0 Å². The number of benzene rings is 1. The van der Waals surface area contributed by atoms with E-state index in [-0.39, 0.29) is 5.75 Å². The second-order valence-corrected chi connectivity index (χ2v) is 3.36. The zero-order valence-electron chi connectivity index (χ0n) is 6.84. The molecule has 1 atom stereocenters. The second kappa shape index (κ2) is 3.79. The van der Waals surface area contributed by atoms with Crippen molar-refractivity contribution in [3.63, 3.8) is 0 Å². The van der Waals surface area contributed by atoms with Crippen LogP contribution in [-0.2, 0) is 4.57 Å². The fourth-order valence-electron chi connectivity index (χ4n) is 0.770. The molecule has 72 valence electrons. The Kier molecular flexibility index (Phi) is 2.93. The second-order valence-electron chi connectivity index (χ2n) is 2.24. The van der Waals surface area contributed by atoms with Crippen LogP contribution in [0.1, 0.15) is 0 Å². The highest BCUT2D eigenvalue weighted by Gasteiger charge is 2.03. The van der Waals surface area contributed by atoms with E-state index < -0.39 is 7.82 Å². The van der Waals surface area contributed by atoms with Gasteiger partial charge in [0.25, 0.3) is 0 Å². The monoisotopic (exact) mass is 203 g/mol. The minimum absolute atomic E-state index is 0.0432. The van der Waals surface area contributed by atoms with E-state index in [0.29, 0.717) is 5.75 Å². The van der Waals surface area contributed by atoms with Gasteiger partial charge in [-0.05, 0) is 24.3 Å². The molecule has 0 amide bonds. The molecule has 0 bridgehead atoms. The summed E-state index contributed by atoms with van der Waals surface area (Å²) in [5.74, 6) is 0.618. The van der Waals surface area contributed by atoms with Crippen LogP contribution in [-0.4, -0.2) is 12.0 Å². The number of hydrogen-bond donors (Lipinski definition) is 1. The van der Waals surface area contributed by atoms with E-state index in [1.807, 2.05) is 0 Å². The normalized spacial score (nSPS) is 14.7. The Labute approximate surface area is 75.2 Å². The number of rotatable bonds is 3. The lowest BCUT2D eigenvalue weighted by Gasteiger charge is -2.16. The first kappa shape index (κ1) is 10.1. The predicted octanol–water partition coefficient (Wildman–Crippen LogP) is 0.535. The molecule has 0 fully saturated rings. The largest absolute Gasteiger partial charge is 0.746 e. The Morgan fingerprint density at radius 3 is 2.15 bits per heavy atom. The maximum Gasteiger partial charge on any atom is 0.317 e. The molecule has 0 aliphatic carbocycles. The summed E-state index contributed by atoms with van der Waals surface area (Å²) in [5, 5.41) is 0. The summed E-state index contributed by atoms with van der Waals surface area (Å²) in [6.07, 6.45) is 0. The van der Waals surface area contributed by atoms with Crippen molar-refractivity contribution in [2.75, 3.05) is 7.11 Å². The summed E-state index contributed by atoms with van der Waals surface area (Å²) in [7, 11) is -3.22. The number of phosphoric acid groups is 1. The van der Waals surface area contributed by atoms with Crippen molar-refractivity contribution in [3.8, 4) is 11.5 Å². The van der Waals surface area contributed by atoms with Gasteiger partial charge in [-0.15, -0.1) is 0 Å². The molecular weight excluding hydrogens is 195 g/mol. The quantitative estimate of drug-likeness (QED) is 0.725. The average Bonchev–Trinajstić information content (AvgIpc) is 2.03. The highest BCUT2D eigenvalue weighted by molar-refractivity contribution is 7.45. The van der Waals surface area contributed by atoms with Gasteiger partial charge >= 0.3 is 7.82 Å². The molecule has 0 aliphatic heterocycles. The Balaban J connectivity index is 2.76. The summed E-state index contributed by atoms with van der Waals surface area (Å²) in [4.78, 5) is 18.6. The van der Waals surface area contributed by atoms with E-state index in [4.69, 9.17) is 9.63 Å². The van der Waals surface area contributed by atoms with Crippen LogP contribution in [0.2, 0.25) is 0 Å². The molecule has 1 N–H and O–H groups in total. The Bertz CT molecular complexity index is 314. The van der Waals surface area contributed by atoms with Gasteiger partial charge in [-0.2, -0.15) is 0 Å². The zero-order chi connectivity index (χ0) is 9.90. The minimum atomic E-state index is -4.70. The van der Waals surface area contributed by atoms with Gasteiger partial charge in [0.15, 0.2) is 0 Å². The van der Waals surface area contributed by atoms with Gasteiger partial charge in [0, 0.05) is 0 Å². The van der Waals surface area contributed by atoms with E-state index in [0.717, 1.165) is 0 Å². The van der Waals surface area contributed by atoms with Crippen LogP contribution in [0.5, 0.6) is 11.5 Å². The van der Waals surface area contributed by atoms with Crippen LogP contribution in [0.15, 0.2) is 24.3 Å². The Hall–Kier alpha value is -1.03. The first-order valence-corrected chi connectivity index (χ1v) is 4.88. The number of hydrogen-bond acceptors (Lipinski definition) is 4. The molecule has 6 heteroatoms. The van der Waals surface area contributed by atoms with Gasteiger partial charge < -0.3 is 19.0 Å². The predicted molar refractivity (Wildman–Crippen MR) is 43.4 cm³/mol. The van der Waals surface area contributed by atoms with Crippen LogP contribution in [0, 0.1) is 0 Å². The van der Waals surface area contributed by atoms with Gasteiger partial charge in [0.05, 0.1) is 7.11 Å². The highest BCUT2D eigenvalue weighted by Crippen LogP contribution is 2.33. The Morgan fingerprint density at radius 2 is 1.77 bits per heavy atom. The molecule has 13 heavy (non-hydrogen) atoms. The maximum absolute atomic E-state index is 10.3. The van der Waals surface area contributed by atoms with E-state index in [9.17, 15) is 9.46 Å². The Morgan fingerprint density at radius 1 is 1.31 bits per heavy atom. The SMILES string of the molecule is COc1ccc(OP(=O)([O-])O)cc1. The smallest absolute Gasteiger partial charge is 0.317 e. The topological polar surface area (TPSA) is 78.8 Å². The third-order valence-corrected chi connectivity index (χ3v) is 1.72. The molecule has 5 nitrogen and oxygen atoms in total. The highest BCUT2D eigenvalue weighted by atomic mass is 31.2. The summed E-state index contributed by atoms with van der Waals surface area (Å²) in [6, 6.07) is 5.79. The average molecular weight is 203 g/mol. The van der Waals surface area contributed by atoms with E-state index in [2.05, 4.69) is 4.52 Å². The van der Waals surface area contributed by atoms with Crippen LogP contribution in [0.3, 0.4) is 0 Å². The molecule has 0 saturated heterocycles. The molecular formula is C7H8O5P-. The molecule has 0 saturated carbocycles. The summed E-state index contributed by atoms with van der Waals surface area (Å²) in [6.45, 7) is 0. The molecule has 1 unspecified atom stereocenters. The third-order valence-electron chi connectivity index (χ3n) is 1.28. The van der Waals surface area contributed by atoms with Gasteiger partial charge in [-0.3, -0.25) is 4.57 Å². The van der Waals surface area contributed by atoms with Gasteiger partial charge in [-0.25, -0.2) is 0 Å². The maximum atomic E-state index is 10.3. The van der Waals surface area contributed by atoms with Crippen LogP contribution >= 0.6 is 7.82 Å². The van der Waals surface area contributed by atoms with E-state index in [1.54, 1.807) is 0 Å². The molecule has 0 aromatic heterocycles. The van der Waals surface area contributed by atoms with Crippen molar-refractivity contribution in [2.45, 2.75) is 0 Å². The van der Waals surface area contributed by atoms with Crippen molar-refractivity contribution in [3.05, 3.63) is 24.3 Å². The van der Waals surface area contributed by atoms with E-state index in [1.165, 1.54) is 31.4 Å². The van der Waals surface area contributed by atoms with Gasteiger partial charge in [-0.1, -0.05) is 0 Å². The van der Waals surface area contributed by atoms with Crippen molar-refractivity contribution < 1.29 is 23.6 Å².